The van der Waals surface area contributed by atoms with Gasteiger partial charge in [-0.1, -0.05) is 25.1 Å². The van der Waals surface area contributed by atoms with Crippen LogP contribution < -0.4 is 5.32 Å². The first kappa shape index (κ1) is 13.5. The zero-order chi connectivity index (χ0) is 12.8. The van der Waals surface area contributed by atoms with E-state index in [0.717, 1.165) is 45.9 Å². The summed E-state index contributed by atoms with van der Waals surface area (Å²) in [5.74, 6) is 0. The molecule has 0 aromatic heterocycles. The molecular weight excluding hydrogens is 224 g/mol. The number of nitrogens with zero attached hydrogens (tertiary/aromatic N) is 1. The Bertz CT molecular complexity index is 379. The second-order valence-corrected chi connectivity index (χ2v) is 4.77. The maximum atomic E-state index is 5.43. The minimum absolute atomic E-state index is 0.808. The van der Waals surface area contributed by atoms with Crippen LogP contribution in [0.25, 0.3) is 0 Å². The molecule has 0 fully saturated rings. The van der Waals surface area contributed by atoms with Gasteiger partial charge in [0.1, 0.15) is 0 Å². The van der Waals surface area contributed by atoms with Crippen LogP contribution in [0, 0.1) is 0 Å². The smallest absolute Gasteiger partial charge is 0.0593 e. The molecule has 100 valence electrons. The average Bonchev–Trinajstić information content (AvgIpc) is 2.85. The molecule has 1 heterocycles. The van der Waals surface area contributed by atoms with Crippen LogP contribution in [0.15, 0.2) is 18.2 Å². The summed E-state index contributed by atoms with van der Waals surface area (Å²) in [6, 6.07) is 6.87. The summed E-state index contributed by atoms with van der Waals surface area (Å²) in [4.78, 5) is 2.43. The van der Waals surface area contributed by atoms with E-state index in [1.165, 1.54) is 16.7 Å². The van der Waals surface area contributed by atoms with Gasteiger partial charge in [0.2, 0.25) is 0 Å². The molecule has 0 saturated heterocycles. The summed E-state index contributed by atoms with van der Waals surface area (Å²) in [6.07, 6.45) is 0. The van der Waals surface area contributed by atoms with Crippen molar-refractivity contribution in [2.75, 3.05) is 26.3 Å². The van der Waals surface area contributed by atoms with Gasteiger partial charge >= 0.3 is 0 Å². The van der Waals surface area contributed by atoms with Gasteiger partial charge < -0.3 is 10.1 Å². The molecule has 2 rings (SSSR count). The lowest BCUT2D eigenvalue weighted by molar-refractivity contribution is 0.113. The molecule has 0 spiro atoms. The van der Waals surface area contributed by atoms with Crippen LogP contribution in [0.2, 0.25) is 0 Å². The Morgan fingerprint density at radius 3 is 2.83 bits per heavy atom. The van der Waals surface area contributed by atoms with Crippen molar-refractivity contribution in [3.05, 3.63) is 34.9 Å². The third-order valence-electron chi connectivity index (χ3n) is 3.51. The fourth-order valence-electron chi connectivity index (χ4n) is 2.39. The molecule has 0 aliphatic carbocycles. The first-order chi connectivity index (χ1) is 8.83. The Morgan fingerprint density at radius 1 is 1.22 bits per heavy atom. The molecule has 3 heteroatoms. The highest BCUT2D eigenvalue weighted by molar-refractivity contribution is 5.34. The van der Waals surface area contributed by atoms with Crippen molar-refractivity contribution < 1.29 is 4.74 Å². The third-order valence-corrected chi connectivity index (χ3v) is 3.51. The van der Waals surface area contributed by atoms with Crippen LogP contribution in [-0.2, 0) is 24.4 Å². The Kier molecular flexibility index (Phi) is 5.17. The number of hydrogen-bond acceptors (Lipinski definition) is 3. The van der Waals surface area contributed by atoms with E-state index in [0.29, 0.717) is 0 Å². The number of nitrogens with one attached hydrogen (secondary N) is 1. The lowest BCUT2D eigenvalue weighted by Gasteiger charge is -2.20. The number of ether oxygens (including phenoxy) is 1. The van der Waals surface area contributed by atoms with E-state index in [1.54, 1.807) is 0 Å². The van der Waals surface area contributed by atoms with Crippen molar-refractivity contribution in [3.63, 3.8) is 0 Å². The fraction of sp³-hybridized carbons (Fsp3) is 0.600. The summed E-state index contributed by atoms with van der Waals surface area (Å²) in [7, 11) is 0. The summed E-state index contributed by atoms with van der Waals surface area (Å²) in [5, 5.41) is 3.39. The van der Waals surface area contributed by atoms with E-state index in [1.807, 2.05) is 6.92 Å². The standard InChI is InChI=1S/C15H24N2O/c1-3-17(7-8-18-4-2)12-13-5-6-14-10-16-11-15(14)9-13/h5-6,9,16H,3-4,7-8,10-12H2,1-2H3. The van der Waals surface area contributed by atoms with Gasteiger partial charge in [0.15, 0.2) is 0 Å². The van der Waals surface area contributed by atoms with Gasteiger partial charge in [0.05, 0.1) is 6.61 Å². The molecule has 0 atom stereocenters. The molecule has 0 saturated carbocycles. The molecule has 1 aliphatic heterocycles. The van der Waals surface area contributed by atoms with Crippen LogP contribution in [0.5, 0.6) is 0 Å². The molecule has 0 radical (unpaired) electrons. The van der Waals surface area contributed by atoms with Crippen LogP contribution in [0.1, 0.15) is 30.5 Å². The Hall–Kier alpha value is -0.900. The number of likely N-dealkylation sites (N-methyl/N-ethyl adjacent to an activating group) is 1. The zero-order valence-electron chi connectivity index (χ0n) is 11.5. The number of rotatable bonds is 7. The van der Waals surface area contributed by atoms with E-state index in [2.05, 4.69) is 35.3 Å². The van der Waals surface area contributed by atoms with Gasteiger partial charge in [-0.25, -0.2) is 0 Å². The van der Waals surface area contributed by atoms with Crippen LogP contribution in [0.3, 0.4) is 0 Å². The second-order valence-electron chi connectivity index (χ2n) is 4.77. The summed E-state index contributed by atoms with van der Waals surface area (Å²) >= 11 is 0. The summed E-state index contributed by atoms with van der Waals surface area (Å²) in [6.45, 7) is 11.0. The van der Waals surface area contributed by atoms with Crippen molar-refractivity contribution in [1.29, 1.82) is 0 Å². The lowest BCUT2D eigenvalue weighted by Crippen LogP contribution is -2.27. The van der Waals surface area contributed by atoms with E-state index in [9.17, 15) is 0 Å². The molecule has 1 aromatic carbocycles. The van der Waals surface area contributed by atoms with Gasteiger partial charge in [0, 0.05) is 32.8 Å². The van der Waals surface area contributed by atoms with Crippen LogP contribution in [-0.4, -0.2) is 31.2 Å². The number of hydrogen-bond donors (Lipinski definition) is 1. The normalized spacial score (nSPS) is 14.2. The van der Waals surface area contributed by atoms with E-state index < -0.39 is 0 Å². The van der Waals surface area contributed by atoms with Gasteiger partial charge in [0.25, 0.3) is 0 Å². The van der Waals surface area contributed by atoms with Crippen molar-refractivity contribution >= 4 is 0 Å². The summed E-state index contributed by atoms with van der Waals surface area (Å²) < 4.78 is 5.43. The molecule has 1 aliphatic rings. The van der Waals surface area contributed by atoms with Gasteiger partial charge in [-0.3, -0.25) is 4.90 Å². The fourth-order valence-corrected chi connectivity index (χ4v) is 2.39. The molecule has 1 aromatic rings. The molecule has 3 nitrogen and oxygen atoms in total. The second kappa shape index (κ2) is 6.88. The topological polar surface area (TPSA) is 24.5 Å². The van der Waals surface area contributed by atoms with Crippen molar-refractivity contribution in [2.24, 2.45) is 0 Å². The Labute approximate surface area is 110 Å². The molecule has 18 heavy (non-hydrogen) atoms. The molecule has 0 bridgehead atoms. The first-order valence-electron chi connectivity index (χ1n) is 6.95. The Balaban J connectivity index is 1.90. The molecular formula is C15H24N2O. The molecule has 0 unspecified atom stereocenters. The molecule has 0 amide bonds. The number of fused-ring (bicyclic) bond motifs is 1. The van der Waals surface area contributed by atoms with Crippen molar-refractivity contribution in [3.8, 4) is 0 Å². The maximum absolute atomic E-state index is 5.43. The number of benzene rings is 1. The first-order valence-corrected chi connectivity index (χ1v) is 6.95. The largest absolute Gasteiger partial charge is 0.380 e. The average molecular weight is 248 g/mol. The van der Waals surface area contributed by atoms with E-state index in [4.69, 9.17) is 4.74 Å². The Morgan fingerprint density at radius 2 is 2.06 bits per heavy atom. The van der Waals surface area contributed by atoms with E-state index >= 15 is 0 Å². The highest BCUT2D eigenvalue weighted by atomic mass is 16.5. The van der Waals surface area contributed by atoms with Crippen LogP contribution >= 0.6 is 0 Å². The maximum Gasteiger partial charge on any atom is 0.0593 e. The lowest BCUT2D eigenvalue weighted by atomic mass is 10.1. The van der Waals surface area contributed by atoms with Crippen LogP contribution in [0.4, 0.5) is 0 Å². The predicted octanol–water partition coefficient (Wildman–Crippen LogP) is 2.15. The minimum atomic E-state index is 0.808. The minimum Gasteiger partial charge on any atom is -0.380 e. The van der Waals surface area contributed by atoms with Gasteiger partial charge in [-0.05, 0) is 30.2 Å². The van der Waals surface area contributed by atoms with Gasteiger partial charge in [-0.15, -0.1) is 0 Å². The van der Waals surface area contributed by atoms with Crippen molar-refractivity contribution in [2.45, 2.75) is 33.5 Å². The highest BCUT2D eigenvalue weighted by Gasteiger charge is 2.11. The SMILES string of the molecule is CCOCCN(CC)Cc1ccc2c(c1)CNC2. The van der Waals surface area contributed by atoms with Gasteiger partial charge in [-0.2, -0.15) is 0 Å². The quantitative estimate of drug-likeness (QED) is 0.748. The summed E-state index contributed by atoms with van der Waals surface area (Å²) in [5.41, 5.74) is 4.33. The highest BCUT2D eigenvalue weighted by Crippen LogP contribution is 2.18. The monoisotopic (exact) mass is 248 g/mol. The zero-order valence-corrected chi connectivity index (χ0v) is 11.5. The van der Waals surface area contributed by atoms with E-state index in [-0.39, 0.29) is 0 Å². The third kappa shape index (κ3) is 3.55. The molecule has 1 N–H and O–H groups in total. The van der Waals surface area contributed by atoms with Crippen molar-refractivity contribution in [1.82, 2.24) is 10.2 Å². The predicted molar refractivity (Wildman–Crippen MR) is 74.4 cm³/mol.